The molecule has 0 fully saturated rings. The van der Waals surface area contributed by atoms with Gasteiger partial charge in [0, 0.05) is 22.4 Å². The fraction of sp³-hybridized carbons (Fsp3) is 0.0909. The Kier molecular flexibility index (Phi) is 5.69. The van der Waals surface area contributed by atoms with E-state index in [9.17, 15) is 14.7 Å². The lowest BCUT2D eigenvalue weighted by Crippen LogP contribution is -2.13. The minimum atomic E-state index is -1.16. The van der Waals surface area contributed by atoms with Gasteiger partial charge in [0.15, 0.2) is 5.78 Å². The standard InChI is InChI=1S/C22H16N2O4S2/c1-28-15-7-4-13(5-8-15)21(25)17(12-16-3-2-10-29-16)20(22(26)27)14-6-9-18-19(11-14)24-30-23-18/h2-11H,12H2,1H3,(H,26,27). The minimum Gasteiger partial charge on any atom is -0.497 e. The summed E-state index contributed by atoms with van der Waals surface area (Å²) in [4.78, 5) is 26.6. The molecule has 6 nitrogen and oxygen atoms in total. The zero-order valence-corrected chi connectivity index (χ0v) is 17.5. The molecule has 0 aliphatic rings. The second-order valence-corrected chi connectivity index (χ2v) is 8.00. The Morgan fingerprint density at radius 3 is 2.40 bits per heavy atom. The number of carbonyl (C=O) groups is 2. The van der Waals surface area contributed by atoms with E-state index < -0.39 is 5.97 Å². The van der Waals surface area contributed by atoms with E-state index in [1.807, 2.05) is 17.5 Å². The number of rotatable bonds is 7. The molecular formula is C22H16N2O4S2. The van der Waals surface area contributed by atoms with Crippen LogP contribution in [0.5, 0.6) is 5.75 Å². The highest BCUT2D eigenvalue weighted by atomic mass is 32.1. The van der Waals surface area contributed by atoms with E-state index in [0.29, 0.717) is 27.9 Å². The third-order valence-electron chi connectivity index (χ3n) is 4.62. The predicted molar refractivity (Wildman–Crippen MR) is 117 cm³/mol. The molecule has 0 aliphatic heterocycles. The molecule has 0 saturated heterocycles. The van der Waals surface area contributed by atoms with Crippen LogP contribution < -0.4 is 4.74 Å². The number of Topliss-reactive ketones (excluding diaryl/α,β-unsaturated/α-hetero) is 1. The molecule has 4 rings (SSSR count). The summed E-state index contributed by atoms with van der Waals surface area (Å²) >= 11 is 2.54. The van der Waals surface area contributed by atoms with Crippen LogP contribution in [0.2, 0.25) is 0 Å². The molecular weight excluding hydrogens is 420 g/mol. The summed E-state index contributed by atoms with van der Waals surface area (Å²) in [7, 11) is 1.55. The number of allylic oxidation sites excluding steroid dienone is 1. The van der Waals surface area contributed by atoms with Gasteiger partial charge in [-0.15, -0.1) is 11.3 Å². The second-order valence-electron chi connectivity index (χ2n) is 6.44. The van der Waals surface area contributed by atoms with Crippen molar-refractivity contribution < 1.29 is 19.4 Å². The molecule has 0 saturated carbocycles. The van der Waals surface area contributed by atoms with Gasteiger partial charge >= 0.3 is 5.97 Å². The normalized spacial score (nSPS) is 11.9. The molecule has 0 spiro atoms. The van der Waals surface area contributed by atoms with Crippen LogP contribution in [0.1, 0.15) is 20.8 Å². The summed E-state index contributed by atoms with van der Waals surface area (Å²) in [6, 6.07) is 15.5. The van der Waals surface area contributed by atoms with Crippen molar-refractivity contribution in [3.63, 3.8) is 0 Å². The van der Waals surface area contributed by atoms with Gasteiger partial charge in [0.1, 0.15) is 16.8 Å². The van der Waals surface area contributed by atoms with Crippen LogP contribution >= 0.6 is 23.1 Å². The SMILES string of the molecule is COc1ccc(C(=O)C(Cc2cccs2)=C(C(=O)O)c2ccc3nsnc3c2)cc1. The van der Waals surface area contributed by atoms with Crippen molar-refractivity contribution in [2.75, 3.05) is 7.11 Å². The molecule has 0 unspecified atom stereocenters. The Labute approximate surface area is 180 Å². The predicted octanol–water partition coefficient (Wildman–Crippen LogP) is 4.73. The number of methoxy groups -OCH3 is 1. The zero-order chi connectivity index (χ0) is 21.1. The van der Waals surface area contributed by atoms with E-state index >= 15 is 0 Å². The number of ether oxygens (including phenoxy) is 1. The third kappa shape index (κ3) is 4.00. The Balaban J connectivity index is 1.88. The zero-order valence-electron chi connectivity index (χ0n) is 15.9. The fourth-order valence-electron chi connectivity index (χ4n) is 3.15. The van der Waals surface area contributed by atoms with Crippen molar-refractivity contribution in [1.29, 1.82) is 0 Å². The molecule has 30 heavy (non-hydrogen) atoms. The topological polar surface area (TPSA) is 89.4 Å². The van der Waals surface area contributed by atoms with Gasteiger partial charge < -0.3 is 9.84 Å². The van der Waals surface area contributed by atoms with Gasteiger partial charge in [0.2, 0.25) is 0 Å². The van der Waals surface area contributed by atoms with Crippen LogP contribution in [0, 0.1) is 0 Å². The highest BCUT2D eigenvalue weighted by molar-refractivity contribution is 7.09. The van der Waals surface area contributed by atoms with Gasteiger partial charge in [-0.25, -0.2) is 4.79 Å². The number of hydrogen-bond acceptors (Lipinski definition) is 7. The first-order chi connectivity index (χ1) is 14.6. The molecule has 0 amide bonds. The van der Waals surface area contributed by atoms with Gasteiger partial charge in [-0.2, -0.15) is 8.75 Å². The molecule has 0 bridgehead atoms. The summed E-state index contributed by atoms with van der Waals surface area (Å²) in [5.41, 5.74) is 2.31. The number of aliphatic carboxylic acids is 1. The first-order valence-corrected chi connectivity index (χ1v) is 10.6. The van der Waals surface area contributed by atoms with Gasteiger partial charge in [0.05, 0.1) is 24.4 Å². The molecule has 0 aliphatic carbocycles. The molecule has 150 valence electrons. The van der Waals surface area contributed by atoms with Crippen LogP contribution in [-0.4, -0.2) is 32.7 Å². The average molecular weight is 437 g/mol. The molecule has 2 aromatic heterocycles. The first kappa shape index (κ1) is 19.9. The van der Waals surface area contributed by atoms with Crippen molar-refractivity contribution in [3.8, 4) is 5.75 Å². The minimum absolute atomic E-state index is 0.0286. The smallest absolute Gasteiger partial charge is 0.336 e. The largest absolute Gasteiger partial charge is 0.497 e. The maximum Gasteiger partial charge on any atom is 0.336 e. The van der Waals surface area contributed by atoms with Crippen LogP contribution in [0.3, 0.4) is 0 Å². The molecule has 1 N–H and O–H groups in total. The highest BCUT2D eigenvalue weighted by Gasteiger charge is 2.24. The maximum absolute atomic E-state index is 13.4. The van der Waals surface area contributed by atoms with E-state index in [4.69, 9.17) is 4.74 Å². The number of nitrogens with zero attached hydrogens (tertiary/aromatic N) is 2. The highest BCUT2D eigenvalue weighted by Crippen LogP contribution is 2.29. The summed E-state index contributed by atoms with van der Waals surface area (Å²) in [6.07, 6.45) is 0.220. The molecule has 0 atom stereocenters. The van der Waals surface area contributed by atoms with Crippen LogP contribution in [-0.2, 0) is 11.2 Å². The number of carboxylic acids is 1. The number of hydrogen-bond donors (Lipinski definition) is 1. The van der Waals surface area contributed by atoms with Crippen molar-refractivity contribution in [2.24, 2.45) is 0 Å². The Morgan fingerprint density at radius 2 is 1.73 bits per heavy atom. The fourth-order valence-corrected chi connectivity index (χ4v) is 4.38. The van der Waals surface area contributed by atoms with Gasteiger partial charge in [0.25, 0.3) is 0 Å². The van der Waals surface area contributed by atoms with Crippen molar-refractivity contribution in [2.45, 2.75) is 6.42 Å². The van der Waals surface area contributed by atoms with Crippen molar-refractivity contribution in [1.82, 2.24) is 8.75 Å². The number of carbonyl (C=O) groups excluding carboxylic acids is 1. The van der Waals surface area contributed by atoms with Crippen molar-refractivity contribution >= 4 is 51.4 Å². The van der Waals surface area contributed by atoms with Crippen LogP contribution in [0.25, 0.3) is 16.6 Å². The summed E-state index contributed by atoms with van der Waals surface area (Å²) in [5, 5.41) is 12.0. The third-order valence-corrected chi connectivity index (χ3v) is 6.05. The van der Waals surface area contributed by atoms with E-state index in [2.05, 4.69) is 8.75 Å². The quantitative estimate of drug-likeness (QED) is 0.333. The molecule has 8 heteroatoms. The Hall–Kier alpha value is -3.36. The van der Waals surface area contributed by atoms with Crippen LogP contribution in [0.4, 0.5) is 0 Å². The van der Waals surface area contributed by atoms with E-state index in [1.54, 1.807) is 49.6 Å². The molecule has 2 aromatic carbocycles. The molecule has 2 heterocycles. The lowest BCUT2D eigenvalue weighted by atomic mass is 9.91. The Bertz CT molecular complexity index is 1240. The summed E-state index contributed by atoms with van der Waals surface area (Å²) in [6.45, 7) is 0. The van der Waals surface area contributed by atoms with Gasteiger partial charge in [-0.05, 0) is 53.4 Å². The number of thiophene rings is 1. The van der Waals surface area contributed by atoms with Gasteiger partial charge in [-0.1, -0.05) is 12.1 Å². The van der Waals surface area contributed by atoms with Gasteiger partial charge in [-0.3, -0.25) is 4.79 Å². The number of benzene rings is 2. The number of carboxylic acid groups (broad SMARTS) is 1. The monoisotopic (exact) mass is 436 g/mol. The van der Waals surface area contributed by atoms with E-state index in [1.165, 1.54) is 11.3 Å². The van der Waals surface area contributed by atoms with E-state index in [0.717, 1.165) is 16.6 Å². The lowest BCUT2D eigenvalue weighted by Gasteiger charge is -2.12. The maximum atomic E-state index is 13.4. The number of ketones is 1. The van der Waals surface area contributed by atoms with Crippen molar-refractivity contribution in [3.05, 3.63) is 81.6 Å². The Morgan fingerprint density at radius 1 is 1.00 bits per heavy atom. The summed E-state index contributed by atoms with van der Waals surface area (Å²) in [5.74, 6) is -0.874. The second kappa shape index (κ2) is 8.56. The molecule has 0 radical (unpaired) electrons. The average Bonchev–Trinajstić information content (AvgIpc) is 3.44. The van der Waals surface area contributed by atoms with Crippen LogP contribution in [0.15, 0.2) is 65.6 Å². The first-order valence-electron chi connectivity index (χ1n) is 8.97. The summed E-state index contributed by atoms with van der Waals surface area (Å²) < 4.78 is 13.5. The van der Waals surface area contributed by atoms with E-state index in [-0.39, 0.29) is 23.4 Å². The number of aromatic nitrogens is 2. The lowest BCUT2D eigenvalue weighted by molar-refractivity contribution is -0.130. The number of fused-ring (bicyclic) bond motifs is 1. The molecule has 4 aromatic rings.